The van der Waals surface area contributed by atoms with Crippen molar-refractivity contribution < 1.29 is 14.3 Å². The SMILES string of the molecule is C/C=C/C(=O)OC[C@@H]1CO1. The van der Waals surface area contributed by atoms with Crippen LogP contribution in [0.5, 0.6) is 0 Å². The highest BCUT2D eigenvalue weighted by atomic mass is 16.6. The van der Waals surface area contributed by atoms with Crippen molar-refractivity contribution in [2.75, 3.05) is 13.2 Å². The summed E-state index contributed by atoms with van der Waals surface area (Å²) in [5.41, 5.74) is 0. The number of esters is 1. The van der Waals surface area contributed by atoms with E-state index >= 15 is 0 Å². The van der Waals surface area contributed by atoms with Crippen LogP contribution < -0.4 is 0 Å². The molecule has 0 radical (unpaired) electrons. The summed E-state index contributed by atoms with van der Waals surface area (Å²) in [6.45, 7) is 2.89. The molecule has 1 atom stereocenters. The van der Waals surface area contributed by atoms with Gasteiger partial charge in [-0.1, -0.05) is 6.08 Å². The van der Waals surface area contributed by atoms with E-state index in [4.69, 9.17) is 9.47 Å². The summed E-state index contributed by atoms with van der Waals surface area (Å²) in [7, 11) is 0. The van der Waals surface area contributed by atoms with E-state index in [1.54, 1.807) is 13.0 Å². The van der Waals surface area contributed by atoms with E-state index in [1.165, 1.54) is 6.08 Å². The first-order valence-electron chi connectivity index (χ1n) is 3.24. The molecular formula is C7H10O3. The Labute approximate surface area is 59.6 Å². The Morgan fingerprint density at radius 3 is 3.10 bits per heavy atom. The Bertz CT molecular complexity index is 147. The molecule has 0 aromatic carbocycles. The van der Waals surface area contributed by atoms with E-state index < -0.39 is 0 Å². The maximum atomic E-state index is 10.6. The lowest BCUT2D eigenvalue weighted by atomic mass is 10.5. The average molecular weight is 142 g/mol. The molecule has 0 aromatic heterocycles. The quantitative estimate of drug-likeness (QED) is 0.327. The molecule has 0 amide bonds. The number of ether oxygens (including phenoxy) is 2. The van der Waals surface area contributed by atoms with Gasteiger partial charge in [-0.2, -0.15) is 0 Å². The van der Waals surface area contributed by atoms with Crippen molar-refractivity contribution >= 4 is 5.97 Å². The molecule has 0 aliphatic carbocycles. The first-order chi connectivity index (χ1) is 4.83. The number of allylic oxidation sites excluding steroid dienone is 1. The van der Waals surface area contributed by atoms with Crippen LogP contribution in [0.2, 0.25) is 0 Å². The smallest absolute Gasteiger partial charge is 0.330 e. The van der Waals surface area contributed by atoms with Crippen LogP contribution in [0, 0.1) is 0 Å². The van der Waals surface area contributed by atoms with Crippen molar-refractivity contribution in [3.8, 4) is 0 Å². The zero-order chi connectivity index (χ0) is 7.40. The molecule has 56 valence electrons. The number of carbonyl (C=O) groups excluding carboxylic acids is 1. The largest absolute Gasteiger partial charge is 0.460 e. The normalized spacial score (nSPS) is 23.1. The Balaban J connectivity index is 2.05. The van der Waals surface area contributed by atoms with Gasteiger partial charge in [0.1, 0.15) is 12.7 Å². The molecular weight excluding hydrogens is 132 g/mol. The molecule has 1 aliphatic rings. The van der Waals surface area contributed by atoms with Gasteiger partial charge in [-0.25, -0.2) is 4.79 Å². The van der Waals surface area contributed by atoms with Gasteiger partial charge in [0.05, 0.1) is 6.61 Å². The van der Waals surface area contributed by atoms with Crippen molar-refractivity contribution in [3.63, 3.8) is 0 Å². The summed E-state index contributed by atoms with van der Waals surface area (Å²) < 4.78 is 9.59. The molecule has 0 saturated carbocycles. The summed E-state index contributed by atoms with van der Waals surface area (Å²) in [5.74, 6) is -0.294. The van der Waals surface area contributed by atoms with E-state index in [9.17, 15) is 4.79 Å². The molecule has 1 heterocycles. The van der Waals surface area contributed by atoms with Crippen LogP contribution in [0.1, 0.15) is 6.92 Å². The monoisotopic (exact) mass is 142 g/mol. The van der Waals surface area contributed by atoms with Crippen LogP contribution in [-0.2, 0) is 14.3 Å². The van der Waals surface area contributed by atoms with Gasteiger partial charge >= 0.3 is 5.97 Å². The Hall–Kier alpha value is -0.830. The lowest BCUT2D eigenvalue weighted by molar-refractivity contribution is -0.138. The van der Waals surface area contributed by atoms with Crippen LogP contribution >= 0.6 is 0 Å². The zero-order valence-electron chi connectivity index (χ0n) is 5.87. The third kappa shape index (κ3) is 2.64. The fourth-order valence-corrected chi connectivity index (χ4v) is 0.524. The summed E-state index contributed by atoms with van der Waals surface area (Å²) >= 11 is 0. The Morgan fingerprint density at radius 2 is 2.60 bits per heavy atom. The van der Waals surface area contributed by atoms with Gasteiger partial charge in [0.25, 0.3) is 0 Å². The van der Waals surface area contributed by atoms with Gasteiger partial charge < -0.3 is 9.47 Å². The summed E-state index contributed by atoms with van der Waals surface area (Å²) in [6, 6.07) is 0. The van der Waals surface area contributed by atoms with Crippen LogP contribution in [0.25, 0.3) is 0 Å². The highest BCUT2D eigenvalue weighted by Crippen LogP contribution is 2.08. The van der Waals surface area contributed by atoms with E-state index in [-0.39, 0.29) is 12.1 Å². The number of carbonyl (C=O) groups is 1. The maximum absolute atomic E-state index is 10.6. The standard InChI is InChI=1S/C7H10O3/c1-2-3-7(8)10-5-6-4-9-6/h2-3,6H,4-5H2,1H3/b3-2+/t6-/m0/s1. The van der Waals surface area contributed by atoms with Crippen LogP contribution in [-0.4, -0.2) is 25.3 Å². The summed E-state index contributed by atoms with van der Waals surface area (Å²) in [5, 5.41) is 0. The third-order valence-corrected chi connectivity index (χ3v) is 1.12. The van der Waals surface area contributed by atoms with E-state index in [0.717, 1.165) is 6.61 Å². The van der Waals surface area contributed by atoms with Gasteiger partial charge in [-0.3, -0.25) is 0 Å². The molecule has 1 aliphatic heterocycles. The second-order valence-corrected chi connectivity index (χ2v) is 2.09. The van der Waals surface area contributed by atoms with Gasteiger partial charge in [0.2, 0.25) is 0 Å². The van der Waals surface area contributed by atoms with Crippen LogP contribution in [0.4, 0.5) is 0 Å². The second kappa shape index (κ2) is 3.37. The molecule has 1 saturated heterocycles. The third-order valence-electron chi connectivity index (χ3n) is 1.12. The van der Waals surface area contributed by atoms with Crippen molar-refractivity contribution in [2.24, 2.45) is 0 Å². The van der Waals surface area contributed by atoms with Crippen LogP contribution in [0.15, 0.2) is 12.2 Å². The maximum Gasteiger partial charge on any atom is 0.330 e. The zero-order valence-corrected chi connectivity index (χ0v) is 5.87. The van der Waals surface area contributed by atoms with Gasteiger partial charge in [0, 0.05) is 6.08 Å². The van der Waals surface area contributed by atoms with E-state index in [0.29, 0.717) is 6.61 Å². The lowest BCUT2D eigenvalue weighted by Gasteiger charge is -1.95. The van der Waals surface area contributed by atoms with Crippen molar-refractivity contribution in [2.45, 2.75) is 13.0 Å². The average Bonchev–Trinajstić information content (AvgIpc) is 2.67. The predicted octanol–water partition coefficient (Wildman–Crippen LogP) is 0.505. The minimum Gasteiger partial charge on any atom is -0.460 e. The molecule has 3 heteroatoms. The first-order valence-corrected chi connectivity index (χ1v) is 3.24. The van der Waals surface area contributed by atoms with E-state index in [1.807, 2.05) is 0 Å². The van der Waals surface area contributed by atoms with Crippen LogP contribution in [0.3, 0.4) is 0 Å². The number of hydrogen-bond acceptors (Lipinski definition) is 3. The predicted molar refractivity (Wildman–Crippen MR) is 35.5 cm³/mol. The number of hydrogen-bond donors (Lipinski definition) is 0. The molecule has 0 unspecified atom stereocenters. The number of epoxide rings is 1. The fourth-order valence-electron chi connectivity index (χ4n) is 0.524. The van der Waals surface area contributed by atoms with Gasteiger partial charge in [-0.05, 0) is 6.92 Å². The molecule has 1 fully saturated rings. The molecule has 0 spiro atoms. The molecule has 0 aromatic rings. The molecule has 3 nitrogen and oxygen atoms in total. The topological polar surface area (TPSA) is 38.8 Å². The Morgan fingerprint density at radius 1 is 1.90 bits per heavy atom. The Kier molecular flexibility index (Phi) is 2.45. The lowest BCUT2D eigenvalue weighted by Crippen LogP contribution is -2.06. The summed E-state index contributed by atoms with van der Waals surface area (Å²) in [4.78, 5) is 10.6. The van der Waals surface area contributed by atoms with Crippen molar-refractivity contribution in [1.29, 1.82) is 0 Å². The highest BCUT2D eigenvalue weighted by molar-refractivity contribution is 5.81. The molecule has 0 bridgehead atoms. The molecule has 1 rings (SSSR count). The minimum absolute atomic E-state index is 0.161. The van der Waals surface area contributed by atoms with Crippen molar-refractivity contribution in [3.05, 3.63) is 12.2 Å². The van der Waals surface area contributed by atoms with Gasteiger partial charge in [-0.15, -0.1) is 0 Å². The first kappa shape index (κ1) is 7.28. The van der Waals surface area contributed by atoms with Crippen molar-refractivity contribution in [1.82, 2.24) is 0 Å². The highest BCUT2D eigenvalue weighted by Gasteiger charge is 2.23. The van der Waals surface area contributed by atoms with Gasteiger partial charge in [0.15, 0.2) is 0 Å². The van der Waals surface area contributed by atoms with E-state index in [2.05, 4.69) is 0 Å². The summed E-state index contributed by atoms with van der Waals surface area (Å²) in [6.07, 6.45) is 3.20. The molecule has 0 N–H and O–H groups in total. The minimum atomic E-state index is -0.294. The number of rotatable bonds is 3. The second-order valence-electron chi connectivity index (χ2n) is 2.09. The fraction of sp³-hybridized carbons (Fsp3) is 0.571. The molecule has 10 heavy (non-hydrogen) atoms.